The van der Waals surface area contributed by atoms with Crippen LogP contribution in [0.15, 0.2) is 69.9 Å². The van der Waals surface area contributed by atoms with Gasteiger partial charge in [-0.1, -0.05) is 42.3 Å². The number of carbonyl (C=O) groups is 1. The van der Waals surface area contributed by atoms with E-state index in [4.69, 9.17) is 37.1 Å². The van der Waals surface area contributed by atoms with Gasteiger partial charge < -0.3 is 19.2 Å². The average molecular weight is 552 g/mol. The zero-order valence-corrected chi connectivity index (χ0v) is 20.6. The van der Waals surface area contributed by atoms with E-state index in [-0.39, 0.29) is 22.5 Å². The van der Waals surface area contributed by atoms with Crippen molar-refractivity contribution in [1.82, 2.24) is 0 Å². The van der Waals surface area contributed by atoms with Gasteiger partial charge in [-0.15, -0.1) is 0 Å². The van der Waals surface area contributed by atoms with Gasteiger partial charge in [0.2, 0.25) is 11.2 Å². The molecule has 0 aliphatic rings. The van der Waals surface area contributed by atoms with E-state index >= 15 is 0 Å². The summed E-state index contributed by atoms with van der Waals surface area (Å²) >= 11 is 11.8. The lowest BCUT2D eigenvalue weighted by atomic mass is 10.1. The van der Waals surface area contributed by atoms with Crippen molar-refractivity contribution in [2.24, 2.45) is 0 Å². The molecule has 0 atom stereocenters. The van der Waals surface area contributed by atoms with Gasteiger partial charge in [-0.25, -0.2) is 0 Å². The SMILES string of the molecule is CCc1ccc(Oc2c(C(F)(F)F)oc3cc(OCC(=O)Nc4cc(Cl)cc(Cl)c4)ccc3c2=O)cc1. The Labute approximate surface area is 218 Å². The number of hydrogen-bond donors (Lipinski definition) is 1. The van der Waals surface area contributed by atoms with Crippen LogP contribution in [0.25, 0.3) is 11.0 Å². The number of carbonyl (C=O) groups excluding carboxylic acids is 1. The van der Waals surface area contributed by atoms with Gasteiger partial charge in [0.05, 0.1) is 5.39 Å². The maximum atomic E-state index is 13.8. The van der Waals surface area contributed by atoms with Crippen LogP contribution in [0.3, 0.4) is 0 Å². The third-order valence-electron chi connectivity index (χ3n) is 5.15. The molecule has 4 rings (SSSR count). The molecule has 0 radical (unpaired) electrons. The van der Waals surface area contributed by atoms with Crippen molar-refractivity contribution in [3.05, 3.63) is 92.3 Å². The minimum absolute atomic E-state index is 0.00636. The highest BCUT2D eigenvalue weighted by Gasteiger charge is 2.40. The van der Waals surface area contributed by atoms with Crippen molar-refractivity contribution >= 4 is 45.8 Å². The zero-order chi connectivity index (χ0) is 26.7. The fraction of sp³-hybridized carbons (Fsp3) is 0.154. The van der Waals surface area contributed by atoms with Crippen LogP contribution in [0.4, 0.5) is 18.9 Å². The summed E-state index contributed by atoms with van der Waals surface area (Å²) in [5, 5.41) is 3.01. The second-order valence-electron chi connectivity index (χ2n) is 7.84. The first-order valence-electron chi connectivity index (χ1n) is 10.9. The summed E-state index contributed by atoms with van der Waals surface area (Å²) in [6.45, 7) is 1.44. The molecule has 0 spiro atoms. The molecule has 0 fully saturated rings. The number of alkyl halides is 3. The lowest BCUT2D eigenvalue weighted by Crippen LogP contribution is -2.20. The van der Waals surface area contributed by atoms with Crippen molar-refractivity contribution in [2.75, 3.05) is 11.9 Å². The number of benzene rings is 3. The first kappa shape index (κ1) is 26.4. The molecule has 37 heavy (non-hydrogen) atoms. The highest BCUT2D eigenvalue weighted by atomic mass is 35.5. The molecule has 0 saturated heterocycles. The summed E-state index contributed by atoms with van der Waals surface area (Å²) in [6.07, 6.45) is -4.28. The van der Waals surface area contributed by atoms with E-state index in [2.05, 4.69) is 5.32 Å². The molecular weight excluding hydrogens is 534 g/mol. The Morgan fingerprint density at radius 2 is 1.62 bits per heavy atom. The van der Waals surface area contributed by atoms with Crippen molar-refractivity contribution < 1.29 is 31.9 Å². The summed E-state index contributed by atoms with van der Waals surface area (Å²) in [5.74, 6) is -3.07. The molecule has 192 valence electrons. The zero-order valence-electron chi connectivity index (χ0n) is 19.1. The van der Waals surface area contributed by atoms with Gasteiger partial charge in [0.1, 0.15) is 17.1 Å². The molecule has 3 aromatic carbocycles. The van der Waals surface area contributed by atoms with Crippen LogP contribution in [0, 0.1) is 0 Å². The number of fused-ring (bicyclic) bond motifs is 1. The Morgan fingerprint density at radius 3 is 2.24 bits per heavy atom. The molecule has 4 aromatic rings. The quantitative estimate of drug-likeness (QED) is 0.257. The number of amides is 1. The predicted octanol–water partition coefficient (Wildman–Crippen LogP) is 7.49. The molecular formula is C26H18Cl2F3NO5. The van der Waals surface area contributed by atoms with Gasteiger partial charge in [-0.05, 0) is 54.4 Å². The summed E-state index contributed by atoms with van der Waals surface area (Å²) < 4.78 is 57.1. The Morgan fingerprint density at radius 1 is 0.973 bits per heavy atom. The first-order valence-corrected chi connectivity index (χ1v) is 11.6. The third kappa shape index (κ3) is 6.36. The number of hydrogen-bond acceptors (Lipinski definition) is 5. The number of aryl methyl sites for hydroxylation is 1. The maximum absolute atomic E-state index is 13.8. The van der Waals surface area contributed by atoms with Gasteiger partial charge in [-0.3, -0.25) is 9.59 Å². The van der Waals surface area contributed by atoms with Crippen molar-refractivity contribution in [3.63, 3.8) is 0 Å². The Hall–Kier alpha value is -3.69. The third-order valence-corrected chi connectivity index (χ3v) is 5.58. The van der Waals surface area contributed by atoms with Crippen LogP contribution < -0.4 is 20.2 Å². The smallest absolute Gasteiger partial charge is 0.453 e. The van der Waals surface area contributed by atoms with E-state index in [1.165, 1.54) is 42.5 Å². The second kappa shape index (κ2) is 10.7. The summed E-state index contributed by atoms with van der Waals surface area (Å²) in [7, 11) is 0. The molecule has 0 bridgehead atoms. The molecule has 1 aromatic heterocycles. The fourth-order valence-corrected chi connectivity index (χ4v) is 3.93. The minimum atomic E-state index is -5.01. The van der Waals surface area contributed by atoms with Crippen molar-refractivity contribution in [1.29, 1.82) is 0 Å². The highest BCUT2D eigenvalue weighted by Crippen LogP contribution is 2.38. The van der Waals surface area contributed by atoms with Gasteiger partial charge >= 0.3 is 6.18 Å². The molecule has 1 heterocycles. The first-order chi connectivity index (χ1) is 17.5. The minimum Gasteiger partial charge on any atom is -0.484 e. The molecule has 11 heteroatoms. The average Bonchev–Trinajstić information content (AvgIpc) is 2.83. The highest BCUT2D eigenvalue weighted by molar-refractivity contribution is 6.35. The number of nitrogens with one attached hydrogen (secondary N) is 1. The van der Waals surface area contributed by atoms with E-state index in [0.29, 0.717) is 15.7 Å². The van der Waals surface area contributed by atoms with Crippen LogP contribution in [0.2, 0.25) is 10.0 Å². The Bertz CT molecular complexity index is 1500. The molecule has 6 nitrogen and oxygen atoms in total. The lowest BCUT2D eigenvalue weighted by molar-refractivity contribution is -0.154. The lowest BCUT2D eigenvalue weighted by Gasteiger charge is -2.14. The summed E-state index contributed by atoms with van der Waals surface area (Å²) in [5.41, 5.74) is -0.102. The van der Waals surface area contributed by atoms with E-state index in [1.807, 2.05) is 6.92 Å². The van der Waals surface area contributed by atoms with Gasteiger partial charge in [-0.2, -0.15) is 13.2 Å². The van der Waals surface area contributed by atoms with Gasteiger partial charge in [0.25, 0.3) is 11.7 Å². The van der Waals surface area contributed by atoms with Crippen molar-refractivity contribution in [3.8, 4) is 17.2 Å². The van der Waals surface area contributed by atoms with Crippen LogP contribution in [0.5, 0.6) is 17.2 Å². The normalized spacial score (nSPS) is 11.4. The maximum Gasteiger partial charge on any atom is 0.453 e. The molecule has 0 unspecified atom stereocenters. The summed E-state index contributed by atoms with van der Waals surface area (Å²) in [4.78, 5) is 25.2. The van der Waals surface area contributed by atoms with Gasteiger partial charge in [0.15, 0.2) is 6.61 Å². The number of anilines is 1. The molecule has 0 saturated carbocycles. The van der Waals surface area contributed by atoms with Crippen LogP contribution in [-0.4, -0.2) is 12.5 Å². The van der Waals surface area contributed by atoms with Crippen LogP contribution in [-0.2, 0) is 17.4 Å². The van der Waals surface area contributed by atoms with Crippen LogP contribution >= 0.6 is 23.2 Å². The fourth-order valence-electron chi connectivity index (χ4n) is 3.41. The number of halogens is 5. The Balaban J connectivity index is 1.59. The van der Waals surface area contributed by atoms with Gasteiger partial charge in [0, 0.05) is 21.8 Å². The van der Waals surface area contributed by atoms with E-state index in [9.17, 15) is 22.8 Å². The summed E-state index contributed by atoms with van der Waals surface area (Å²) in [6, 6.07) is 14.4. The van der Waals surface area contributed by atoms with E-state index < -0.39 is 35.6 Å². The van der Waals surface area contributed by atoms with E-state index in [1.54, 1.807) is 12.1 Å². The predicted molar refractivity (Wildman–Crippen MR) is 134 cm³/mol. The monoisotopic (exact) mass is 551 g/mol. The number of rotatable bonds is 7. The second-order valence-corrected chi connectivity index (χ2v) is 8.71. The molecule has 1 N–H and O–H groups in total. The molecule has 1 amide bonds. The molecule has 0 aliphatic heterocycles. The molecule has 0 aliphatic carbocycles. The van der Waals surface area contributed by atoms with E-state index in [0.717, 1.165) is 18.1 Å². The largest absolute Gasteiger partial charge is 0.484 e. The van der Waals surface area contributed by atoms with Crippen molar-refractivity contribution in [2.45, 2.75) is 19.5 Å². The standard InChI is InChI=1S/C26H18Cl2F3NO5/c1-2-14-3-5-18(6-4-14)36-24-23(34)20-8-7-19(12-21(20)37-25(24)26(29,30)31)35-13-22(33)32-17-10-15(27)9-16(28)11-17/h3-12H,2,13H2,1H3,(H,32,33). The topological polar surface area (TPSA) is 77.8 Å². The Kier molecular flexibility index (Phi) is 7.65. The van der Waals surface area contributed by atoms with Crippen LogP contribution in [0.1, 0.15) is 18.2 Å². The number of ether oxygens (including phenoxy) is 2.